The number of hydrogen-bond acceptors (Lipinski definition) is 5. The molecule has 0 unspecified atom stereocenters. The Kier molecular flexibility index (Phi) is 4.08. The standard InChI is InChI=1S/C21H21BN4O3/c1-13-4-7-16(8-5-13)26-14(2)19(24-25-26)20(27)23-15-6-9-17-18(12-15)22(28)29-21(17)10-3-11-21/h4-9,12,28H,3,10-11H2,1-2H3,(H,23,27). The van der Waals surface area contributed by atoms with Crippen molar-refractivity contribution in [2.75, 3.05) is 5.32 Å². The summed E-state index contributed by atoms with van der Waals surface area (Å²) in [6.45, 7) is 3.83. The summed E-state index contributed by atoms with van der Waals surface area (Å²) >= 11 is 0. The maximum absolute atomic E-state index is 12.8. The SMILES string of the molecule is Cc1ccc(-n2nnc(C(=O)Nc3ccc4c(c3)B(O)OC43CCC3)c2C)cc1. The van der Waals surface area contributed by atoms with Crippen LogP contribution in [0.3, 0.4) is 0 Å². The zero-order chi connectivity index (χ0) is 20.2. The predicted molar refractivity (Wildman–Crippen MR) is 109 cm³/mol. The van der Waals surface area contributed by atoms with E-state index in [9.17, 15) is 9.82 Å². The van der Waals surface area contributed by atoms with Crippen molar-refractivity contribution in [3.8, 4) is 5.69 Å². The summed E-state index contributed by atoms with van der Waals surface area (Å²) in [5.74, 6) is -0.340. The number of hydrogen-bond donors (Lipinski definition) is 2. The average Bonchev–Trinajstić information content (AvgIpc) is 3.20. The van der Waals surface area contributed by atoms with Crippen LogP contribution in [0.25, 0.3) is 5.69 Å². The Hall–Kier alpha value is -2.97. The van der Waals surface area contributed by atoms with E-state index >= 15 is 0 Å². The summed E-state index contributed by atoms with van der Waals surface area (Å²) in [6.07, 6.45) is 2.94. The van der Waals surface area contributed by atoms with Gasteiger partial charge in [0.1, 0.15) is 0 Å². The highest BCUT2D eigenvalue weighted by atomic mass is 16.5. The molecule has 1 amide bonds. The van der Waals surface area contributed by atoms with E-state index in [0.717, 1.165) is 41.5 Å². The second kappa shape index (κ2) is 6.54. The molecule has 1 saturated carbocycles. The number of nitrogens with one attached hydrogen (secondary N) is 1. The first-order valence-corrected chi connectivity index (χ1v) is 9.78. The van der Waals surface area contributed by atoms with Gasteiger partial charge in [0.05, 0.1) is 17.0 Å². The maximum Gasteiger partial charge on any atom is 0.492 e. The highest BCUT2D eigenvalue weighted by Crippen LogP contribution is 2.47. The van der Waals surface area contributed by atoms with Crippen LogP contribution >= 0.6 is 0 Å². The molecule has 2 aromatic carbocycles. The fourth-order valence-corrected chi connectivity index (χ4v) is 4.15. The minimum atomic E-state index is -0.952. The topological polar surface area (TPSA) is 89.3 Å². The van der Waals surface area contributed by atoms with Gasteiger partial charge in [-0.25, -0.2) is 4.68 Å². The summed E-state index contributed by atoms with van der Waals surface area (Å²) in [5.41, 5.74) is 4.92. The van der Waals surface area contributed by atoms with Gasteiger partial charge in [-0.2, -0.15) is 0 Å². The lowest BCUT2D eigenvalue weighted by Gasteiger charge is -2.39. The highest BCUT2D eigenvalue weighted by Gasteiger charge is 2.50. The van der Waals surface area contributed by atoms with Gasteiger partial charge in [-0.1, -0.05) is 29.0 Å². The molecule has 0 bridgehead atoms. The molecule has 5 rings (SSSR count). The van der Waals surface area contributed by atoms with Gasteiger partial charge in [0.25, 0.3) is 5.91 Å². The molecule has 2 aliphatic rings. The van der Waals surface area contributed by atoms with Crippen LogP contribution in [0.4, 0.5) is 5.69 Å². The molecule has 1 fully saturated rings. The third-order valence-corrected chi connectivity index (χ3v) is 5.95. The number of rotatable bonds is 3. The minimum absolute atomic E-state index is 0.262. The van der Waals surface area contributed by atoms with Crippen LogP contribution < -0.4 is 10.8 Å². The number of fused-ring (bicyclic) bond motifs is 2. The molecule has 0 saturated heterocycles. The van der Waals surface area contributed by atoms with Gasteiger partial charge in [0.2, 0.25) is 0 Å². The van der Waals surface area contributed by atoms with Gasteiger partial charge in [-0.15, -0.1) is 5.10 Å². The van der Waals surface area contributed by atoms with E-state index in [1.807, 2.05) is 50.2 Å². The summed E-state index contributed by atoms with van der Waals surface area (Å²) < 4.78 is 7.44. The van der Waals surface area contributed by atoms with Crippen LogP contribution in [0.5, 0.6) is 0 Å². The molecule has 7 nitrogen and oxygen atoms in total. The maximum atomic E-state index is 12.8. The molecule has 3 aromatic rings. The number of benzene rings is 2. The van der Waals surface area contributed by atoms with Crippen molar-refractivity contribution in [1.29, 1.82) is 0 Å². The first-order valence-electron chi connectivity index (χ1n) is 9.78. The lowest BCUT2D eigenvalue weighted by atomic mass is 9.72. The number of carbonyl (C=O) groups is 1. The van der Waals surface area contributed by atoms with E-state index < -0.39 is 7.12 Å². The van der Waals surface area contributed by atoms with Crippen LogP contribution in [0, 0.1) is 13.8 Å². The Morgan fingerprint density at radius 3 is 2.66 bits per heavy atom. The number of aryl methyl sites for hydroxylation is 1. The van der Waals surface area contributed by atoms with Gasteiger partial charge >= 0.3 is 7.12 Å². The number of amides is 1. The number of anilines is 1. The van der Waals surface area contributed by atoms with Crippen LogP contribution in [-0.2, 0) is 10.3 Å². The van der Waals surface area contributed by atoms with Gasteiger partial charge in [0, 0.05) is 5.69 Å². The van der Waals surface area contributed by atoms with Crippen molar-refractivity contribution in [3.05, 3.63) is 65.0 Å². The fraction of sp³-hybridized carbons (Fsp3) is 0.286. The van der Waals surface area contributed by atoms with Crippen molar-refractivity contribution >= 4 is 24.2 Å². The molecular formula is C21H21BN4O3. The molecule has 8 heteroatoms. The van der Waals surface area contributed by atoms with Crippen molar-refractivity contribution in [2.24, 2.45) is 0 Å². The van der Waals surface area contributed by atoms with E-state index in [-0.39, 0.29) is 17.2 Å². The van der Waals surface area contributed by atoms with Crippen molar-refractivity contribution in [2.45, 2.75) is 38.7 Å². The Bertz CT molecular complexity index is 1110. The van der Waals surface area contributed by atoms with Crippen LogP contribution in [0.2, 0.25) is 0 Å². The largest absolute Gasteiger partial charge is 0.492 e. The van der Waals surface area contributed by atoms with Crippen LogP contribution in [0.15, 0.2) is 42.5 Å². The predicted octanol–water partition coefficient (Wildman–Crippen LogP) is 2.23. The smallest absolute Gasteiger partial charge is 0.423 e. The summed E-state index contributed by atoms with van der Waals surface area (Å²) in [7, 11) is -0.952. The Morgan fingerprint density at radius 2 is 1.97 bits per heavy atom. The molecule has 1 aliphatic heterocycles. The fourth-order valence-electron chi connectivity index (χ4n) is 4.15. The molecule has 2 heterocycles. The van der Waals surface area contributed by atoms with Crippen molar-refractivity contribution in [3.63, 3.8) is 0 Å². The van der Waals surface area contributed by atoms with Gasteiger partial charge < -0.3 is 15.0 Å². The van der Waals surface area contributed by atoms with E-state index in [2.05, 4.69) is 15.6 Å². The summed E-state index contributed by atoms with van der Waals surface area (Å²) in [6, 6.07) is 13.4. The molecule has 0 radical (unpaired) electrons. The quantitative estimate of drug-likeness (QED) is 0.672. The van der Waals surface area contributed by atoms with E-state index in [1.165, 1.54) is 0 Å². The number of carbonyl (C=O) groups excluding carboxylic acids is 1. The molecule has 2 N–H and O–H groups in total. The Balaban J connectivity index is 1.39. The van der Waals surface area contributed by atoms with Crippen molar-refractivity contribution < 1.29 is 14.5 Å². The molecule has 1 aliphatic carbocycles. The number of nitrogens with zero attached hydrogens (tertiary/aromatic N) is 3. The lowest BCUT2D eigenvalue weighted by molar-refractivity contribution is -0.0152. The van der Waals surface area contributed by atoms with Crippen molar-refractivity contribution in [1.82, 2.24) is 15.0 Å². The van der Waals surface area contributed by atoms with Gasteiger partial charge in [-0.05, 0) is 68.4 Å². The monoisotopic (exact) mass is 388 g/mol. The van der Waals surface area contributed by atoms with Crippen LogP contribution in [0.1, 0.15) is 46.6 Å². The molecule has 1 spiro atoms. The first-order chi connectivity index (χ1) is 14.0. The minimum Gasteiger partial charge on any atom is -0.423 e. The molecule has 1 aromatic heterocycles. The molecule has 146 valence electrons. The van der Waals surface area contributed by atoms with E-state index in [4.69, 9.17) is 4.65 Å². The third kappa shape index (κ3) is 2.87. The lowest BCUT2D eigenvalue weighted by Crippen LogP contribution is -2.35. The van der Waals surface area contributed by atoms with Gasteiger partial charge in [-0.3, -0.25) is 4.79 Å². The number of aromatic nitrogens is 3. The Morgan fingerprint density at radius 1 is 1.21 bits per heavy atom. The Labute approximate surface area is 168 Å². The zero-order valence-corrected chi connectivity index (χ0v) is 16.3. The third-order valence-electron chi connectivity index (χ3n) is 5.95. The highest BCUT2D eigenvalue weighted by molar-refractivity contribution is 6.62. The van der Waals surface area contributed by atoms with Crippen LogP contribution in [-0.4, -0.2) is 33.0 Å². The molecule has 29 heavy (non-hydrogen) atoms. The normalized spacial score (nSPS) is 16.6. The molecular weight excluding hydrogens is 367 g/mol. The second-order valence-corrected chi connectivity index (χ2v) is 7.85. The average molecular weight is 388 g/mol. The van der Waals surface area contributed by atoms with E-state index in [0.29, 0.717) is 11.4 Å². The van der Waals surface area contributed by atoms with E-state index in [1.54, 1.807) is 10.7 Å². The summed E-state index contributed by atoms with van der Waals surface area (Å²) in [4.78, 5) is 12.8. The first kappa shape index (κ1) is 18.1. The summed E-state index contributed by atoms with van der Waals surface area (Å²) in [5, 5.41) is 21.4. The second-order valence-electron chi connectivity index (χ2n) is 7.85. The van der Waals surface area contributed by atoms with Gasteiger partial charge in [0.15, 0.2) is 5.69 Å². The molecule has 0 atom stereocenters. The zero-order valence-electron chi connectivity index (χ0n) is 16.3.